The van der Waals surface area contributed by atoms with Gasteiger partial charge in [0.15, 0.2) is 5.96 Å². The molecule has 2 rings (SSSR count). The molecule has 0 aliphatic rings. The van der Waals surface area contributed by atoms with Gasteiger partial charge in [0.25, 0.3) is 0 Å². The number of nitrogens with zero attached hydrogens (tertiary/aromatic N) is 1. The highest BCUT2D eigenvalue weighted by Crippen LogP contribution is 2.21. The Bertz CT molecular complexity index is 730. The highest BCUT2D eigenvalue weighted by Gasteiger charge is 2.07. The number of carbonyl (C=O) groups is 1. The van der Waals surface area contributed by atoms with Crippen molar-refractivity contribution in [3.05, 3.63) is 60.2 Å². The number of aliphatic imine (C=N–C) groups is 1. The van der Waals surface area contributed by atoms with Crippen molar-refractivity contribution in [2.75, 3.05) is 32.6 Å². The molecule has 0 saturated heterocycles. The number of hydrogen-bond donors (Lipinski definition) is 3. The van der Waals surface area contributed by atoms with Gasteiger partial charge in [-0.15, -0.1) is 0 Å². The number of hydrogen-bond acceptors (Lipinski definition) is 3. The third-order valence-corrected chi connectivity index (χ3v) is 4.25. The summed E-state index contributed by atoms with van der Waals surface area (Å²) in [5.74, 6) is 1.77. The van der Waals surface area contributed by atoms with Crippen LogP contribution in [0, 0.1) is 0 Å². The molecule has 0 heterocycles. The molecule has 0 fully saturated rings. The van der Waals surface area contributed by atoms with Gasteiger partial charge < -0.3 is 20.7 Å². The zero-order valence-electron chi connectivity index (χ0n) is 16.2. The highest BCUT2D eigenvalue weighted by atomic mass is 16.5. The molecule has 0 aliphatic heterocycles. The zero-order valence-corrected chi connectivity index (χ0v) is 16.2. The number of amides is 1. The van der Waals surface area contributed by atoms with E-state index in [9.17, 15) is 4.79 Å². The molecular weight excluding hydrogens is 340 g/mol. The smallest absolute Gasteiger partial charge is 0.243 e. The van der Waals surface area contributed by atoms with E-state index in [1.165, 1.54) is 5.56 Å². The first kappa shape index (κ1) is 20.3. The third-order valence-electron chi connectivity index (χ3n) is 4.25. The molecule has 3 N–H and O–H groups in total. The van der Waals surface area contributed by atoms with Gasteiger partial charge in [-0.3, -0.25) is 9.79 Å². The topological polar surface area (TPSA) is 74.8 Å². The number of benzene rings is 2. The van der Waals surface area contributed by atoms with Crippen LogP contribution in [0.25, 0.3) is 0 Å². The quantitative estimate of drug-likeness (QED) is 0.495. The number of ether oxygens (including phenoxy) is 1. The minimum absolute atomic E-state index is 0.115. The van der Waals surface area contributed by atoms with Gasteiger partial charge >= 0.3 is 0 Å². The molecule has 0 aliphatic carbocycles. The lowest BCUT2D eigenvalue weighted by Gasteiger charge is -2.15. The van der Waals surface area contributed by atoms with E-state index in [-0.39, 0.29) is 12.5 Å². The Morgan fingerprint density at radius 3 is 2.41 bits per heavy atom. The summed E-state index contributed by atoms with van der Waals surface area (Å²) in [6, 6.07) is 17.5. The van der Waals surface area contributed by atoms with Gasteiger partial charge in [0, 0.05) is 19.3 Å². The van der Waals surface area contributed by atoms with Crippen molar-refractivity contribution in [2.24, 2.45) is 4.99 Å². The van der Waals surface area contributed by atoms with E-state index >= 15 is 0 Å². The number of anilines is 1. The van der Waals surface area contributed by atoms with Gasteiger partial charge in [-0.25, -0.2) is 0 Å². The number of carbonyl (C=O) groups excluding carboxylic acids is 1. The second-order valence-corrected chi connectivity index (χ2v) is 6.23. The van der Waals surface area contributed by atoms with E-state index in [2.05, 4.69) is 40.0 Å². The number of guanidine groups is 1. The lowest BCUT2D eigenvalue weighted by Crippen LogP contribution is -2.41. The molecule has 0 aromatic heterocycles. The highest BCUT2D eigenvalue weighted by molar-refractivity contribution is 5.94. The van der Waals surface area contributed by atoms with E-state index in [0.717, 1.165) is 24.4 Å². The molecule has 6 nitrogen and oxygen atoms in total. The molecule has 0 spiro atoms. The van der Waals surface area contributed by atoms with Gasteiger partial charge in [-0.2, -0.15) is 0 Å². The molecule has 1 atom stereocenters. The molecule has 6 heteroatoms. The minimum atomic E-state index is -0.115. The second-order valence-electron chi connectivity index (χ2n) is 6.23. The first-order chi connectivity index (χ1) is 13.1. The van der Waals surface area contributed by atoms with E-state index in [0.29, 0.717) is 11.9 Å². The molecule has 2 aromatic rings. The summed E-state index contributed by atoms with van der Waals surface area (Å²) in [4.78, 5) is 16.1. The van der Waals surface area contributed by atoms with E-state index < -0.39 is 0 Å². The Balaban J connectivity index is 1.70. The monoisotopic (exact) mass is 368 g/mol. The van der Waals surface area contributed by atoms with Crippen LogP contribution in [0.1, 0.15) is 24.8 Å². The van der Waals surface area contributed by atoms with Crippen LogP contribution in [0.2, 0.25) is 0 Å². The van der Waals surface area contributed by atoms with Crippen LogP contribution >= 0.6 is 0 Å². The van der Waals surface area contributed by atoms with Gasteiger partial charge in [0.2, 0.25) is 5.91 Å². The fourth-order valence-corrected chi connectivity index (χ4v) is 2.62. The van der Waals surface area contributed by atoms with Crippen LogP contribution in [0.5, 0.6) is 5.75 Å². The van der Waals surface area contributed by atoms with Crippen LogP contribution in [-0.4, -0.2) is 39.1 Å². The molecule has 0 saturated carbocycles. The predicted molar refractivity (Wildman–Crippen MR) is 110 cm³/mol. The Labute approximate surface area is 161 Å². The third kappa shape index (κ3) is 7.01. The number of rotatable bonds is 8. The summed E-state index contributed by atoms with van der Waals surface area (Å²) in [6.07, 6.45) is 0.948. The van der Waals surface area contributed by atoms with Crippen LogP contribution in [-0.2, 0) is 4.79 Å². The van der Waals surface area contributed by atoms with Crippen molar-refractivity contribution in [2.45, 2.75) is 19.3 Å². The van der Waals surface area contributed by atoms with E-state index in [4.69, 9.17) is 4.74 Å². The SMILES string of the molecule is CN=C(NCCC(C)c1ccc(OC)cc1)NCC(=O)Nc1ccccc1. The Kier molecular flexibility index (Phi) is 8.16. The minimum Gasteiger partial charge on any atom is -0.497 e. The zero-order chi connectivity index (χ0) is 19.5. The first-order valence-corrected chi connectivity index (χ1v) is 9.05. The van der Waals surface area contributed by atoms with Crippen molar-refractivity contribution >= 4 is 17.6 Å². The number of nitrogens with one attached hydrogen (secondary N) is 3. The maximum atomic E-state index is 12.0. The van der Waals surface area contributed by atoms with Crippen LogP contribution in [0.15, 0.2) is 59.6 Å². The van der Waals surface area contributed by atoms with Gasteiger partial charge in [-0.05, 0) is 42.2 Å². The average molecular weight is 368 g/mol. The fraction of sp³-hybridized carbons (Fsp3) is 0.333. The van der Waals surface area contributed by atoms with Crippen molar-refractivity contribution in [1.82, 2.24) is 10.6 Å². The fourth-order valence-electron chi connectivity index (χ4n) is 2.62. The Hall–Kier alpha value is -3.02. The normalized spacial score (nSPS) is 12.2. The van der Waals surface area contributed by atoms with Gasteiger partial charge in [-0.1, -0.05) is 37.3 Å². The van der Waals surface area contributed by atoms with Gasteiger partial charge in [0.1, 0.15) is 5.75 Å². The number of para-hydroxylation sites is 1. The standard InChI is InChI=1S/C21H28N4O2/c1-16(17-9-11-19(27-3)12-10-17)13-14-23-21(22-2)24-15-20(26)25-18-7-5-4-6-8-18/h4-12,16H,13-15H2,1-3H3,(H,25,26)(H2,22,23,24). The van der Waals surface area contributed by atoms with Crippen LogP contribution in [0.3, 0.4) is 0 Å². The van der Waals surface area contributed by atoms with E-state index in [1.807, 2.05) is 42.5 Å². The Morgan fingerprint density at radius 1 is 1.07 bits per heavy atom. The number of methoxy groups -OCH3 is 1. The lowest BCUT2D eigenvalue weighted by molar-refractivity contribution is -0.115. The van der Waals surface area contributed by atoms with Gasteiger partial charge in [0.05, 0.1) is 13.7 Å². The van der Waals surface area contributed by atoms with Crippen LogP contribution < -0.4 is 20.7 Å². The first-order valence-electron chi connectivity index (χ1n) is 9.05. The van der Waals surface area contributed by atoms with Crippen LogP contribution in [0.4, 0.5) is 5.69 Å². The summed E-state index contributed by atoms with van der Waals surface area (Å²) in [7, 11) is 3.36. The summed E-state index contributed by atoms with van der Waals surface area (Å²) in [5, 5.41) is 9.11. The molecular formula is C21H28N4O2. The predicted octanol–water partition coefficient (Wildman–Crippen LogP) is 2.99. The summed E-state index contributed by atoms with van der Waals surface area (Å²) in [6.45, 7) is 3.10. The Morgan fingerprint density at radius 2 is 1.78 bits per heavy atom. The maximum Gasteiger partial charge on any atom is 0.243 e. The summed E-state index contributed by atoms with van der Waals surface area (Å²) >= 11 is 0. The molecule has 2 aromatic carbocycles. The molecule has 0 radical (unpaired) electrons. The molecule has 1 unspecified atom stereocenters. The van der Waals surface area contributed by atoms with Crippen molar-refractivity contribution < 1.29 is 9.53 Å². The average Bonchev–Trinajstić information content (AvgIpc) is 2.71. The molecule has 27 heavy (non-hydrogen) atoms. The second kappa shape index (κ2) is 10.9. The molecule has 144 valence electrons. The maximum absolute atomic E-state index is 12.0. The summed E-state index contributed by atoms with van der Waals surface area (Å²) < 4.78 is 5.19. The van der Waals surface area contributed by atoms with Crippen molar-refractivity contribution in [1.29, 1.82) is 0 Å². The van der Waals surface area contributed by atoms with Crippen molar-refractivity contribution in [3.63, 3.8) is 0 Å². The van der Waals surface area contributed by atoms with Crippen molar-refractivity contribution in [3.8, 4) is 5.75 Å². The molecule has 0 bridgehead atoms. The lowest BCUT2D eigenvalue weighted by atomic mass is 9.98. The largest absolute Gasteiger partial charge is 0.497 e. The summed E-state index contributed by atoms with van der Waals surface area (Å²) in [5.41, 5.74) is 2.04. The van der Waals surface area contributed by atoms with E-state index in [1.54, 1.807) is 14.2 Å². The molecule has 1 amide bonds.